The van der Waals surface area contributed by atoms with Gasteiger partial charge in [-0.1, -0.05) is 6.92 Å². The molecule has 0 saturated heterocycles. The molecule has 2 N–H and O–H groups in total. The van der Waals surface area contributed by atoms with Crippen molar-refractivity contribution in [1.29, 1.82) is 0 Å². The lowest BCUT2D eigenvalue weighted by atomic mass is 9.90. The second-order valence-corrected chi connectivity index (χ2v) is 7.48. The summed E-state index contributed by atoms with van der Waals surface area (Å²) in [5.41, 5.74) is -0.475. The molecule has 0 aliphatic heterocycles. The molecule has 0 unspecified atom stereocenters. The van der Waals surface area contributed by atoms with Crippen LogP contribution in [-0.4, -0.2) is 25.7 Å². The molecule has 0 bridgehead atoms. The minimum Gasteiger partial charge on any atom is -0.462 e. The van der Waals surface area contributed by atoms with Crippen molar-refractivity contribution in [1.82, 2.24) is 0 Å². The molecule has 0 spiro atoms. The maximum absolute atomic E-state index is 11.9. The number of nitrogens with two attached hydrogens (primary N) is 1. The van der Waals surface area contributed by atoms with Crippen LogP contribution in [0, 0.1) is 5.41 Å². The SMILES string of the molecule is CCC(C)(C)C(=O)OC1CCC(S(N)(=O)=O)CC1. The fourth-order valence-electron chi connectivity index (χ4n) is 1.93. The van der Waals surface area contributed by atoms with Crippen LogP contribution in [0.3, 0.4) is 0 Å². The van der Waals surface area contributed by atoms with Gasteiger partial charge in [0, 0.05) is 0 Å². The highest BCUT2D eigenvalue weighted by Gasteiger charge is 2.33. The van der Waals surface area contributed by atoms with E-state index in [4.69, 9.17) is 9.88 Å². The Bertz CT molecular complexity index is 394. The number of hydrogen-bond acceptors (Lipinski definition) is 4. The van der Waals surface area contributed by atoms with Crippen LogP contribution in [0.15, 0.2) is 0 Å². The summed E-state index contributed by atoms with van der Waals surface area (Å²) in [4.78, 5) is 11.9. The maximum atomic E-state index is 11.9. The average molecular weight is 277 g/mol. The second kappa shape index (κ2) is 5.57. The third kappa shape index (κ3) is 3.95. The van der Waals surface area contributed by atoms with Crippen LogP contribution < -0.4 is 5.14 Å². The molecule has 1 aliphatic rings. The van der Waals surface area contributed by atoms with Gasteiger partial charge in [0.2, 0.25) is 10.0 Å². The zero-order valence-corrected chi connectivity index (χ0v) is 12.1. The van der Waals surface area contributed by atoms with E-state index in [0.717, 1.165) is 6.42 Å². The number of carbonyl (C=O) groups excluding carboxylic acids is 1. The summed E-state index contributed by atoms with van der Waals surface area (Å²) in [6.45, 7) is 5.65. The minimum atomic E-state index is -3.45. The Hall–Kier alpha value is -0.620. The van der Waals surface area contributed by atoms with E-state index in [1.807, 2.05) is 20.8 Å². The Morgan fingerprint density at radius 3 is 2.17 bits per heavy atom. The zero-order valence-electron chi connectivity index (χ0n) is 11.3. The van der Waals surface area contributed by atoms with Crippen molar-refractivity contribution in [2.24, 2.45) is 10.6 Å². The molecule has 0 aromatic heterocycles. The van der Waals surface area contributed by atoms with E-state index < -0.39 is 20.7 Å². The van der Waals surface area contributed by atoms with E-state index in [1.165, 1.54) is 0 Å². The lowest BCUT2D eigenvalue weighted by Gasteiger charge is -2.30. The Morgan fingerprint density at radius 1 is 1.28 bits per heavy atom. The molecular formula is C12H23NO4S. The van der Waals surface area contributed by atoms with E-state index >= 15 is 0 Å². The molecule has 1 aliphatic carbocycles. The quantitative estimate of drug-likeness (QED) is 0.790. The van der Waals surface area contributed by atoms with E-state index in [1.54, 1.807) is 0 Å². The van der Waals surface area contributed by atoms with Crippen LogP contribution in [0.25, 0.3) is 0 Å². The molecule has 0 aromatic rings. The summed E-state index contributed by atoms with van der Waals surface area (Å²) in [7, 11) is -3.45. The number of sulfonamides is 1. The first-order valence-electron chi connectivity index (χ1n) is 6.39. The highest BCUT2D eigenvalue weighted by molar-refractivity contribution is 7.89. The Morgan fingerprint density at radius 2 is 1.78 bits per heavy atom. The second-order valence-electron chi connectivity index (χ2n) is 5.63. The lowest BCUT2D eigenvalue weighted by Crippen LogP contribution is -2.37. The van der Waals surface area contributed by atoms with Crippen molar-refractivity contribution < 1.29 is 17.9 Å². The summed E-state index contributed by atoms with van der Waals surface area (Å²) < 4.78 is 27.8. The molecule has 1 saturated carbocycles. The lowest BCUT2D eigenvalue weighted by molar-refractivity contribution is -0.161. The first-order valence-corrected chi connectivity index (χ1v) is 8.00. The molecule has 0 amide bonds. The van der Waals surface area contributed by atoms with Crippen LogP contribution >= 0.6 is 0 Å². The number of carbonyl (C=O) groups is 1. The fourth-order valence-corrected chi connectivity index (χ4v) is 2.86. The van der Waals surface area contributed by atoms with E-state index in [-0.39, 0.29) is 12.1 Å². The normalized spacial score (nSPS) is 25.8. The summed E-state index contributed by atoms with van der Waals surface area (Å²) >= 11 is 0. The highest BCUT2D eigenvalue weighted by Crippen LogP contribution is 2.28. The van der Waals surface area contributed by atoms with Crippen molar-refractivity contribution in [3.8, 4) is 0 Å². The number of hydrogen-bond donors (Lipinski definition) is 1. The summed E-state index contributed by atoms with van der Waals surface area (Å²) in [6.07, 6.45) is 2.66. The van der Waals surface area contributed by atoms with Gasteiger partial charge in [0.15, 0.2) is 0 Å². The summed E-state index contributed by atoms with van der Waals surface area (Å²) in [6, 6.07) is 0. The summed E-state index contributed by atoms with van der Waals surface area (Å²) in [5, 5.41) is 4.63. The van der Waals surface area contributed by atoms with E-state index in [0.29, 0.717) is 25.7 Å². The maximum Gasteiger partial charge on any atom is 0.311 e. The molecule has 1 rings (SSSR count). The van der Waals surface area contributed by atoms with Crippen molar-refractivity contribution in [2.45, 2.75) is 64.2 Å². The summed E-state index contributed by atoms with van der Waals surface area (Å²) in [5.74, 6) is -0.205. The molecule has 6 heteroatoms. The largest absolute Gasteiger partial charge is 0.462 e. The highest BCUT2D eigenvalue weighted by atomic mass is 32.2. The molecule has 106 valence electrons. The Balaban J connectivity index is 2.48. The number of esters is 1. The van der Waals surface area contributed by atoms with Crippen LogP contribution in [0.5, 0.6) is 0 Å². The molecule has 5 nitrogen and oxygen atoms in total. The van der Waals surface area contributed by atoms with Gasteiger partial charge in [0.25, 0.3) is 0 Å². The van der Waals surface area contributed by atoms with Gasteiger partial charge in [-0.3, -0.25) is 4.79 Å². The Labute approximate surface area is 109 Å². The van der Waals surface area contributed by atoms with Gasteiger partial charge in [-0.05, 0) is 46.0 Å². The van der Waals surface area contributed by atoms with Gasteiger partial charge < -0.3 is 4.74 Å². The van der Waals surface area contributed by atoms with Crippen LogP contribution in [0.2, 0.25) is 0 Å². The fraction of sp³-hybridized carbons (Fsp3) is 0.917. The average Bonchev–Trinajstić information content (AvgIpc) is 2.28. The molecule has 0 heterocycles. The van der Waals surface area contributed by atoms with Gasteiger partial charge in [-0.15, -0.1) is 0 Å². The molecular weight excluding hydrogens is 254 g/mol. The predicted octanol–water partition coefficient (Wildman–Crippen LogP) is 1.57. The monoisotopic (exact) mass is 277 g/mol. The van der Waals surface area contributed by atoms with Gasteiger partial charge >= 0.3 is 5.97 Å². The van der Waals surface area contributed by atoms with Crippen molar-refractivity contribution in [3.05, 3.63) is 0 Å². The smallest absolute Gasteiger partial charge is 0.311 e. The van der Waals surface area contributed by atoms with E-state index in [9.17, 15) is 13.2 Å². The van der Waals surface area contributed by atoms with Crippen LogP contribution in [0.1, 0.15) is 52.9 Å². The van der Waals surface area contributed by atoms with Crippen molar-refractivity contribution in [3.63, 3.8) is 0 Å². The number of rotatable bonds is 4. The topological polar surface area (TPSA) is 86.5 Å². The minimum absolute atomic E-state index is 0.165. The van der Waals surface area contributed by atoms with Crippen LogP contribution in [0.4, 0.5) is 0 Å². The van der Waals surface area contributed by atoms with Gasteiger partial charge in [-0.2, -0.15) is 0 Å². The first kappa shape index (κ1) is 15.4. The molecule has 1 fully saturated rings. The Kier molecular flexibility index (Phi) is 4.78. The van der Waals surface area contributed by atoms with Gasteiger partial charge in [0.1, 0.15) is 6.10 Å². The third-order valence-corrected chi connectivity index (χ3v) is 5.20. The molecule has 0 aromatic carbocycles. The molecule has 0 radical (unpaired) electrons. The van der Waals surface area contributed by atoms with Gasteiger partial charge in [0.05, 0.1) is 10.7 Å². The van der Waals surface area contributed by atoms with Crippen molar-refractivity contribution >= 4 is 16.0 Å². The predicted molar refractivity (Wildman–Crippen MR) is 69.3 cm³/mol. The van der Waals surface area contributed by atoms with Gasteiger partial charge in [-0.25, -0.2) is 13.6 Å². The van der Waals surface area contributed by atoms with E-state index in [2.05, 4.69) is 0 Å². The van der Waals surface area contributed by atoms with Crippen molar-refractivity contribution in [2.75, 3.05) is 0 Å². The number of ether oxygens (including phenoxy) is 1. The molecule has 18 heavy (non-hydrogen) atoms. The zero-order chi connectivity index (χ0) is 14.0. The third-order valence-electron chi connectivity index (χ3n) is 3.80. The standard InChI is InChI=1S/C12H23NO4S/c1-4-12(2,3)11(14)17-9-5-7-10(8-6-9)18(13,15)16/h9-10H,4-8H2,1-3H3,(H2,13,15,16). The first-order chi connectivity index (χ1) is 8.16. The molecule has 0 atom stereocenters. The van der Waals surface area contributed by atoms with Crippen LogP contribution in [-0.2, 0) is 19.6 Å². The number of primary sulfonamides is 1.